The topological polar surface area (TPSA) is 50.2 Å². The Morgan fingerprint density at radius 1 is 1.10 bits per heavy atom. The van der Waals surface area contributed by atoms with Crippen molar-refractivity contribution in [1.29, 1.82) is 0 Å². The molecule has 1 aliphatic heterocycles. The van der Waals surface area contributed by atoms with Crippen LogP contribution < -0.4 is 5.32 Å². The van der Waals surface area contributed by atoms with Crippen LogP contribution in [0.25, 0.3) is 0 Å². The molecule has 30 heavy (non-hydrogen) atoms. The molecule has 0 radical (unpaired) electrons. The molecule has 2 aromatic rings. The third kappa shape index (κ3) is 3.80. The zero-order valence-electron chi connectivity index (χ0n) is 18.4. The number of nitrogens with one attached hydrogen (secondary N) is 1. The number of aromatic nitrogens is 2. The molecular weight excluding hydrogens is 372 g/mol. The van der Waals surface area contributed by atoms with Gasteiger partial charge in [0.25, 0.3) is 5.91 Å². The van der Waals surface area contributed by atoms with E-state index in [2.05, 4.69) is 48.1 Å². The van der Waals surface area contributed by atoms with Gasteiger partial charge in [0.2, 0.25) is 0 Å². The number of hydrogen-bond acceptors (Lipinski definition) is 3. The summed E-state index contributed by atoms with van der Waals surface area (Å²) >= 11 is 0. The number of carbonyl (C=O) groups excluding carboxylic acids is 1. The maximum atomic E-state index is 13.2. The molecule has 1 fully saturated rings. The summed E-state index contributed by atoms with van der Waals surface area (Å²) in [7, 11) is 0. The number of carbonyl (C=O) groups is 1. The Hall–Kier alpha value is -2.14. The zero-order chi connectivity index (χ0) is 20.7. The summed E-state index contributed by atoms with van der Waals surface area (Å²) in [6, 6.07) is 9.76. The van der Waals surface area contributed by atoms with E-state index in [-0.39, 0.29) is 5.91 Å². The lowest BCUT2D eigenvalue weighted by molar-refractivity contribution is 0.0784. The van der Waals surface area contributed by atoms with E-state index in [0.717, 1.165) is 70.3 Å². The van der Waals surface area contributed by atoms with Gasteiger partial charge < -0.3 is 10.2 Å². The molecule has 0 saturated carbocycles. The van der Waals surface area contributed by atoms with Gasteiger partial charge >= 0.3 is 0 Å². The van der Waals surface area contributed by atoms with Crippen LogP contribution in [0.4, 0.5) is 0 Å². The van der Waals surface area contributed by atoms with Crippen LogP contribution in [0.5, 0.6) is 0 Å². The largest absolute Gasteiger partial charge is 0.337 e. The van der Waals surface area contributed by atoms with Crippen molar-refractivity contribution >= 4 is 5.91 Å². The molecule has 0 unspecified atom stereocenters. The van der Waals surface area contributed by atoms with E-state index < -0.39 is 0 Å². The molecule has 1 amide bonds. The first kappa shape index (κ1) is 19.8. The van der Waals surface area contributed by atoms with Crippen molar-refractivity contribution in [3.63, 3.8) is 0 Å². The van der Waals surface area contributed by atoms with Crippen LogP contribution in [0.15, 0.2) is 24.3 Å². The molecule has 5 heteroatoms. The molecule has 3 aliphatic rings. The third-order valence-electron chi connectivity index (χ3n) is 7.00. The first-order chi connectivity index (χ1) is 14.6. The van der Waals surface area contributed by atoms with Gasteiger partial charge in [0.15, 0.2) is 5.69 Å². The lowest BCUT2D eigenvalue weighted by atomic mass is 9.90. The molecule has 1 atom stereocenters. The highest BCUT2D eigenvalue weighted by Gasteiger charge is 2.33. The van der Waals surface area contributed by atoms with Crippen molar-refractivity contribution in [1.82, 2.24) is 20.0 Å². The quantitative estimate of drug-likeness (QED) is 0.828. The number of nitrogens with zero attached hydrogens (tertiary/aromatic N) is 3. The van der Waals surface area contributed by atoms with Crippen molar-refractivity contribution < 1.29 is 4.79 Å². The zero-order valence-corrected chi connectivity index (χ0v) is 18.4. The second-order valence-electron chi connectivity index (χ2n) is 9.83. The minimum atomic E-state index is 0.153. The molecule has 0 spiro atoms. The predicted octanol–water partition coefficient (Wildman–Crippen LogP) is 3.39. The summed E-state index contributed by atoms with van der Waals surface area (Å²) < 4.78 is 2.14. The van der Waals surface area contributed by atoms with E-state index in [9.17, 15) is 4.79 Å². The molecule has 1 aromatic heterocycles. The van der Waals surface area contributed by atoms with Gasteiger partial charge in [-0.2, -0.15) is 5.10 Å². The van der Waals surface area contributed by atoms with Crippen LogP contribution in [-0.2, 0) is 32.2 Å². The van der Waals surface area contributed by atoms with E-state index in [1.54, 1.807) is 0 Å². The molecule has 1 saturated heterocycles. The smallest absolute Gasteiger partial charge is 0.274 e. The highest BCUT2D eigenvalue weighted by Crippen LogP contribution is 2.29. The molecule has 1 aromatic carbocycles. The average Bonchev–Trinajstić information content (AvgIpc) is 3.45. The maximum absolute atomic E-state index is 13.2. The number of hydrogen-bond donors (Lipinski definition) is 1. The van der Waals surface area contributed by atoms with Gasteiger partial charge in [0, 0.05) is 43.0 Å². The summed E-state index contributed by atoms with van der Waals surface area (Å²) in [5, 5.41) is 8.80. The Morgan fingerprint density at radius 2 is 1.80 bits per heavy atom. The lowest BCUT2D eigenvalue weighted by Gasteiger charge is -2.28. The van der Waals surface area contributed by atoms with Crippen molar-refractivity contribution in [3.05, 3.63) is 52.3 Å². The predicted molar refractivity (Wildman–Crippen MR) is 119 cm³/mol. The lowest BCUT2D eigenvalue weighted by Crippen LogP contribution is -2.42. The average molecular weight is 407 g/mol. The SMILES string of the molecule is CC(C)Cn1nc(C(=O)N2CCCC2)c2c1CC[C@@H](NC1Cc3ccccc3C1)C2. The van der Waals surface area contributed by atoms with E-state index in [1.165, 1.54) is 22.4 Å². The highest BCUT2D eigenvalue weighted by molar-refractivity contribution is 5.94. The summed E-state index contributed by atoms with van der Waals surface area (Å²) in [5.41, 5.74) is 6.22. The minimum absolute atomic E-state index is 0.153. The molecule has 2 aliphatic carbocycles. The Labute approximate surface area is 179 Å². The molecule has 2 heterocycles. The molecule has 5 nitrogen and oxygen atoms in total. The molecule has 1 N–H and O–H groups in total. The van der Waals surface area contributed by atoms with Crippen LogP contribution in [-0.4, -0.2) is 45.8 Å². The Kier molecular flexibility index (Phi) is 5.40. The van der Waals surface area contributed by atoms with Gasteiger partial charge in [-0.3, -0.25) is 9.48 Å². The van der Waals surface area contributed by atoms with Gasteiger partial charge in [-0.15, -0.1) is 0 Å². The Balaban J connectivity index is 1.35. The second-order valence-corrected chi connectivity index (χ2v) is 9.83. The number of fused-ring (bicyclic) bond motifs is 2. The fraction of sp³-hybridized carbons (Fsp3) is 0.600. The Morgan fingerprint density at radius 3 is 2.47 bits per heavy atom. The summed E-state index contributed by atoms with van der Waals surface area (Å²) in [4.78, 5) is 15.3. The van der Waals surface area contributed by atoms with E-state index in [0.29, 0.717) is 18.0 Å². The fourth-order valence-electron chi connectivity index (χ4n) is 5.58. The molecule has 5 rings (SSSR count). The van der Waals surface area contributed by atoms with Crippen LogP contribution in [0, 0.1) is 5.92 Å². The third-order valence-corrected chi connectivity index (χ3v) is 7.00. The maximum Gasteiger partial charge on any atom is 0.274 e. The van der Waals surface area contributed by atoms with Gasteiger partial charge in [0.05, 0.1) is 0 Å². The van der Waals surface area contributed by atoms with Gasteiger partial charge in [-0.1, -0.05) is 38.1 Å². The summed E-state index contributed by atoms with van der Waals surface area (Å²) in [6.07, 6.45) is 7.54. The van der Waals surface area contributed by atoms with Crippen LogP contribution in [0.3, 0.4) is 0 Å². The van der Waals surface area contributed by atoms with Gasteiger partial charge in [-0.25, -0.2) is 0 Å². The summed E-state index contributed by atoms with van der Waals surface area (Å²) in [6.45, 7) is 7.10. The second kappa shape index (κ2) is 8.18. The van der Waals surface area contributed by atoms with Crippen LogP contribution >= 0.6 is 0 Å². The molecule has 160 valence electrons. The molecular formula is C25H34N4O. The van der Waals surface area contributed by atoms with Crippen LogP contribution in [0.2, 0.25) is 0 Å². The first-order valence-electron chi connectivity index (χ1n) is 11.8. The van der Waals surface area contributed by atoms with Crippen molar-refractivity contribution in [3.8, 4) is 0 Å². The first-order valence-corrected chi connectivity index (χ1v) is 11.8. The van der Waals surface area contributed by atoms with Crippen molar-refractivity contribution in [2.24, 2.45) is 5.92 Å². The fourth-order valence-corrected chi connectivity index (χ4v) is 5.58. The Bertz CT molecular complexity index is 900. The number of amides is 1. The number of rotatable bonds is 5. The monoisotopic (exact) mass is 406 g/mol. The normalized spacial score (nSPS) is 21.3. The van der Waals surface area contributed by atoms with Crippen molar-refractivity contribution in [2.75, 3.05) is 13.1 Å². The standard InChI is InChI=1S/C25H34N4O/c1-17(2)16-29-23-10-9-20(26-21-13-18-7-3-4-8-19(18)14-21)15-22(23)24(27-29)25(30)28-11-5-6-12-28/h3-4,7-8,17,20-21,26H,5-6,9-16H2,1-2H3/t20-/m1/s1. The molecule has 0 bridgehead atoms. The summed E-state index contributed by atoms with van der Waals surface area (Å²) in [5.74, 6) is 0.678. The van der Waals surface area contributed by atoms with E-state index >= 15 is 0 Å². The highest BCUT2D eigenvalue weighted by atomic mass is 16.2. The van der Waals surface area contributed by atoms with Gasteiger partial charge in [0.1, 0.15) is 0 Å². The number of likely N-dealkylation sites (tertiary alicyclic amines) is 1. The number of benzene rings is 1. The van der Waals surface area contributed by atoms with Crippen molar-refractivity contribution in [2.45, 2.75) is 77.4 Å². The van der Waals surface area contributed by atoms with E-state index in [4.69, 9.17) is 5.10 Å². The van der Waals surface area contributed by atoms with Gasteiger partial charge in [-0.05, 0) is 62.0 Å². The minimum Gasteiger partial charge on any atom is -0.337 e. The van der Waals surface area contributed by atoms with Crippen LogP contribution in [0.1, 0.15) is 66.0 Å². The van der Waals surface area contributed by atoms with E-state index in [1.807, 2.05) is 4.90 Å².